The largest absolute Gasteiger partial charge is 0.352 e. The summed E-state index contributed by atoms with van der Waals surface area (Å²) < 4.78 is 42.1. The first-order valence-corrected chi connectivity index (χ1v) is 14.9. The SMILES string of the molecule is CCC(C(=O)NC(C)C)N(Cc1c(Cl)cccc1Cl)C(=O)CN(c1ccc(C)cc1)S(=O)(=O)c1ccc(F)cc1. The van der Waals surface area contributed by atoms with Crippen molar-refractivity contribution in [2.24, 2.45) is 0 Å². The average Bonchev–Trinajstić information content (AvgIpc) is 2.89. The van der Waals surface area contributed by atoms with Crippen molar-refractivity contribution in [3.8, 4) is 0 Å². The minimum absolute atomic E-state index is 0.125. The summed E-state index contributed by atoms with van der Waals surface area (Å²) in [5.41, 5.74) is 1.55. The third-order valence-electron chi connectivity index (χ3n) is 6.21. The van der Waals surface area contributed by atoms with Gasteiger partial charge in [-0.15, -0.1) is 0 Å². The van der Waals surface area contributed by atoms with Gasteiger partial charge >= 0.3 is 0 Å². The van der Waals surface area contributed by atoms with Crippen LogP contribution in [0.25, 0.3) is 0 Å². The van der Waals surface area contributed by atoms with Gasteiger partial charge in [-0.05, 0) is 75.7 Å². The van der Waals surface area contributed by atoms with E-state index >= 15 is 0 Å². The molecule has 3 rings (SSSR count). The molecule has 1 N–H and O–H groups in total. The second kappa shape index (κ2) is 13.5. The molecule has 0 heterocycles. The lowest BCUT2D eigenvalue weighted by Gasteiger charge is -2.34. The van der Waals surface area contributed by atoms with Crippen LogP contribution < -0.4 is 9.62 Å². The Balaban J connectivity index is 2.10. The number of amides is 2. The molecule has 0 aliphatic rings. The van der Waals surface area contributed by atoms with Gasteiger partial charge in [0.05, 0.1) is 10.6 Å². The number of hydrogen-bond donors (Lipinski definition) is 1. The van der Waals surface area contributed by atoms with E-state index in [2.05, 4.69) is 5.32 Å². The predicted octanol–water partition coefficient (Wildman–Crippen LogP) is 5.97. The normalized spacial score (nSPS) is 12.2. The van der Waals surface area contributed by atoms with Crippen molar-refractivity contribution in [1.29, 1.82) is 0 Å². The second-order valence-corrected chi connectivity index (χ2v) is 12.3. The summed E-state index contributed by atoms with van der Waals surface area (Å²) >= 11 is 12.8. The fourth-order valence-electron chi connectivity index (χ4n) is 4.13. The first-order chi connectivity index (χ1) is 18.8. The molecule has 0 saturated heterocycles. The summed E-state index contributed by atoms with van der Waals surface area (Å²) in [6.07, 6.45) is 0.252. The van der Waals surface area contributed by atoms with Crippen LogP contribution >= 0.6 is 23.2 Å². The monoisotopic (exact) mass is 607 g/mol. The molecule has 214 valence electrons. The third-order valence-corrected chi connectivity index (χ3v) is 8.71. The van der Waals surface area contributed by atoms with Crippen molar-refractivity contribution < 1.29 is 22.4 Å². The van der Waals surface area contributed by atoms with Gasteiger partial charge in [0, 0.05) is 28.2 Å². The van der Waals surface area contributed by atoms with Crippen molar-refractivity contribution in [3.63, 3.8) is 0 Å². The number of nitrogens with zero attached hydrogens (tertiary/aromatic N) is 2. The Labute approximate surface area is 244 Å². The predicted molar refractivity (Wildman–Crippen MR) is 156 cm³/mol. The molecule has 0 spiro atoms. The molecule has 0 aliphatic carbocycles. The molecule has 0 fully saturated rings. The Kier molecular flexibility index (Phi) is 10.6. The Morgan fingerprint density at radius 3 is 2.05 bits per heavy atom. The quantitative estimate of drug-likeness (QED) is 0.291. The van der Waals surface area contributed by atoms with Crippen LogP contribution in [0.15, 0.2) is 71.6 Å². The van der Waals surface area contributed by atoms with Gasteiger partial charge in [-0.1, -0.05) is 53.9 Å². The number of benzene rings is 3. The van der Waals surface area contributed by atoms with Crippen LogP contribution in [-0.4, -0.2) is 43.8 Å². The molecule has 3 aromatic rings. The third kappa shape index (κ3) is 7.53. The second-order valence-electron chi connectivity index (χ2n) is 9.61. The highest BCUT2D eigenvalue weighted by Crippen LogP contribution is 2.29. The van der Waals surface area contributed by atoms with Crippen molar-refractivity contribution in [3.05, 3.63) is 93.7 Å². The minimum Gasteiger partial charge on any atom is -0.352 e. The minimum atomic E-state index is -4.31. The number of carbonyl (C=O) groups excluding carboxylic acids is 2. The highest BCUT2D eigenvalue weighted by molar-refractivity contribution is 7.92. The van der Waals surface area contributed by atoms with E-state index in [9.17, 15) is 22.4 Å². The van der Waals surface area contributed by atoms with Crippen molar-refractivity contribution in [2.45, 2.75) is 57.6 Å². The van der Waals surface area contributed by atoms with Crippen LogP contribution in [0.5, 0.6) is 0 Å². The molecule has 1 atom stereocenters. The van der Waals surface area contributed by atoms with E-state index in [0.717, 1.165) is 34.1 Å². The molecule has 40 heavy (non-hydrogen) atoms. The van der Waals surface area contributed by atoms with Gasteiger partial charge in [0.25, 0.3) is 10.0 Å². The maximum Gasteiger partial charge on any atom is 0.264 e. The molecule has 0 aliphatic heterocycles. The lowest BCUT2D eigenvalue weighted by Crippen LogP contribution is -2.53. The van der Waals surface area contributed by atoms with E-state index in [-0.39, 0.29) is 29.6 Å². The zero-order valence-electron chi connectivity index (χ0n) is 22.7. The topological polar surface area (TPSA) is 86.8 Å². The first kappa shape index (κ1) is 31.4. The highest BCUT2D eigenvalue weighted by atomic mass is 35.5. The molecule has 0 radical (unpaired) electrons. The van der Waals surface area contributed by atoms with Gasteiger partial charge in [0.15, 0.2) is 0 Å². The Hall–Kier alpha value is -3.14. The van der Waals surface area contributed by atoms with E-state index in [1.54, 1.807) is 63.2 Å². The van der Waals surface area contributed by atoms with Crippen molar-refractivity contribution in [2.75, 3.05) is 10.8 Å². The van der Waals surface area contributed by atoms with Crippen LogP contribution in [0.4, 0.5) is 10.1 Å². The lowest BCUT2D eigenvalue weighted by atomic mass is 10.1. The molecule has 2 amide bonds. The average molecular weight is 609 g/mol. The van der Waals surface area contributed by atoms with Crippen LogP contribution in [-0.2, 0) is 26.2 Å². The molecule has 0 bridgehead atoms. The molecular weight excluding hydrogens is 576 g/mol. The Bertz CT molecular complexity index is 1430. The smallest absolute Gasteiger partial charge is 0.264 e. The van der Waals surface area contributed by atoms with E-state index in [0.29, 0.717) is 15.6 Å². The summed E-state index contributed by atoms with van der Waals surface area (Å²) in [5.74, 6) is -1.63. The fourth-order valence-corrected chi connectivity index (χ4v) is 6.06. The van der Waals surface area contributed by atoms with Gasteiger partial charge in [0.2, 0.25) is 11.8 Å². The number of halogens is 3. The number of nitrogens with one attached hydrogen (secondary N) is 1. The van der Waals surface area contributed by atoms with Crippen LogP contribution in [0, 0.1) is 12.7 Å². The fraction of sp³-hybridized carbons (Fsp3) is 0.310. The van der Waals surface area contributed by atoms with Crippen molar-refractivity contribution in [1.82, 2.24) is 10.2 Å². The van der Waals surface area contributed by atoms with Crippen molar-refractivity contribution >= 4 is 50.7 Å². The molecule has 0 aromatic heterocycles. The summed E-state index contributed by atoms with van der Waals surface area (Å²) in [6.45, 7) is 6.45. The molecule has 7 nitrogen and oxygen atoms in total. The van der Waals surface area contributed by atoms with Crippen LogP contribution in [0.1, 0.15) is 38.3 Å². The maximum absolute atomic E-state index is 14.0. The number of sulfonamides is 1. The summed E-state index contributed by atoms with van der Waals surface area (Å²) in [4.78, 5) is 28.3. The zero-order valence-corrected chi connectivity index (χ0v) is 25.0. The Morgan fingerprint density at radius 1 is 0.950 bits per heavy atom. The molecule has 1 unspecified atom stereocenters. The maximum atomic E-state index is 14.0. The van der Waals surface area contributed by atoms with Gasteiger partial charge in [-0.25, -0.2) is 12.8 Å². The number of anilines is 1. The van der Waals surface area contributed by atoms with Crippen LogP contribution in [0.2, 0.25) is 10.0 Å². The molecular formula is C29H32Cl2FN3O4S. The standard InChI is InChI=1S/C29H32Cl2FN3O4S/c1-5-27(29(37)33-19(2)3)34(17-24-25(30)7-6-8-26(24)31)28(36)18-35(22-13-9-20(4)10-14-22)40(38,39)23-15-11-21(32)12-16-23/h6-16,19,27H,5,17-18H2,1-4H3,(H,33,37). The van der Waals surface area contributed by atoms with Gasteiger partial charge in [-0.3, -0.25) is 13.9 Å². The summed E-state index contributed by atoms with van der Waals surface area (Å²) in [5, 5.41) is 3.44. The Morgan fingerprint density at radius 2 is 1.52 bits per heavy atom. The summed E-state index contributed by atoms with van der Waals surface area (Å²) in [7, 11) is -4.31. The first-order valence-electron chi connectivity index (χ1n) is 12.7. The molecule has 0 saturated carbocycles. The highest BCUT2D eigenvalue weighted by Gasteiger charge is 2.34. The van der Waals surface area contributed by atoms with E-state index in [1.807, 2.05) is 6.92 Å². The number of carbonyl (C=O) groups is 2. The van der Waals surface area contributed by atoms with E-state index in [1.165, 1.54) is 4.90 Å². The molecule has 11 heteroatoms. The lowest BCUT2D eigenvalue weighted by molar-refractivity contribution is -0.140. The molecule has 3 aromatic carbocycles. The van der Waals surface area contributed by atoms with Gasteiger partial charge in [0.1, 0.15) is 18.4 Å². The van der Waals surface area contributed by atoms with E-state index < -0.39 is 40.2 Å². The van der Waals surface area contributed by atoms with Gasteiger partial charge in [-0.2, -0.15) is 0 Å². The van der Waals surface area contributed by atoms with Gasteiger partial charge < -0.3 is 10.2 Å². The summed E-state index contributed by atoms with van der Waals surface area (Å²) in [6, 6.07) is 14.8. The zero-order chi connectivity index (χ0) is 29.6. The van der Waals surface area contributed by atoms with Crippen LogP contribution in [0.3, 0.4) is 0 Å². The number of aryl methyl sites for hydroxylation is 1. The number of rotatable bonds is 11. The number of hydrogen-bond acceptors (Lipinski definition) is 4. The van der Waals surface area contributed by atoms with E-state index in [4.69, 9.17) is 23.2 Å².